The van der Waals surface area contributed by atoms with Crippen LogP contribution in [-0.4, -0.2) is 20.5 Å². The van der Waals surface area contributed by atoms with Crippen molar-refractivity contribution in [2.24, 2.45) is 5.92 Å². The molecule has 1 aliphatic carbocycles. The van der Waals surface area contributed by atoms with Gasteiger partial charge in [0.25, 0.3) is 5.56 Å². The third-order valence-corrected chi connectivity index (χ3v) is 4.28. The molecular weight excluding hydrogens is 252 g/mol. The maximum atomic E-state index is 12.0. The Kier molecular flexibility index (Phi) is 4.05. The van der Waals surface area contributed by atoms with Crippen LogP contribution in [-0.2, 0) is 12.0 Å². The Morgan fingerprint density at radius 2 is 1.95 bits per heavy atom. The lowest BCUT2D eigenvalue weighted by molar-refractivity contribution is -0.0257. The fourth-order valence-corrected chi connectivity index (χ4v) is 2.70. The van der Waals surface area contributed by atoms with Crippen molar-refractivity contribution in [3.05, 3.63) is 28.2 Å². The minimum atomic E-state index is -0.778. The zero-order chi connectivity index (χ0) is 15.0. The molecule has 1 aromatic rings. The second-order valence-corrected chi connectivity index (χ2v) is 7.37. The van der Waals surface area contributed by atoms with Crippen molar-refractivity contribution in [2.75, 3.05) is 0 Å². The molecule has 0 atom stereocenters. The second-order valence-electron chi connectivity index (χ2n) is 7.37. The monoisotopic (exact) mass is 278 g/mol. The molecule has 1 heterocycles. The van der Waals surface area contributed by atoms with E-state index in [1.165, 1.54) is 4.68 Å². The Morgan fingerprint density at radius 3 is 2.50 bits per heavy atom. The lowest BCUT2D eigenvalue weighted by atomic mass is 9.79. The van der Waals surface area contributed by atoms with Crippen LogP contribution in [0.3, 0.4) is 0 Å². The van der Waals surface area contributed by atoms with E-state index in [-0.39, 0.29) is 11.0 Å². The summed E-state index contributed by atoms with van der Waals surface area (Å²) in [5, 5.41) is 15.1. The standard InChI is InChI=1S/C16H26N2O2/c1-12-7-9-16(20,10-8-12)11-18-14(19)6-5-13(17-18)15(2,3)4/h5-6,12,20H,7-11H2,1-4H3. The van der Waals surface area contributed by atoms with Gasteiger partial charge in [-0.25, -0.2) is 4.68 Å². The van der Waals surface area contributed by atoms with Crippen molar-refractivity contribution in [1.82, 2.24) is 9.78 Å². The van der Waals surface area contributed by atoms with Gasteiger partial charge < -0.3 is 5.11 Å². The molecule has 1 N–H and O–H groups in total. The smallest absolute Gasteiger partial charge is 0.266 e. The van der Waals surface area contributed by atoms with E-state index in [9.17, 15) is 9.90 Å². The van der Waals surface area contributed by atoms with E-state index in [4.69, 9.17) is 0 Å². The zero-order valence-electron chi connectivity index (χ0n) is 13.0. The Bertz CT molecular complexity index is 520. The highest BCUT2D eigenvalue weighted by Gasteiger charge is 2.33. The Morgan fingerprint density at radius 1 is 1.35 bits per heavy atom. The highest BCUT2D eigenvalue weighted by atomic mass is 16.3. The Hall–Kier alpha value is -1.16. The molecule has 0 aromatic carbocycles. The van der Waals surface area contributed by atoms with Gasteiger partial charge in [0.05, 0.1) is 17.8 Å². The van der Waals surface area contributed by atoms with Crippen molar-refractivity contribution in [3.63, 3.8) is 0 Å². The summed E-state index contributed by atoms with van der Waals surface area (Å²) in [7, 11) is 0. The van der Waals surface area contributed by atoms with Gasteiger partial charge in [0.1, 0.15) is 0 Å². The van der Waals surface area contributed by atoms with E-state index in [2.05, 4.69) is 32.8 Å². The van der Waals surface area contributed by atoms with Gasteiger partial charge in [0.15, 0.2) is 0 Å². The first-order chi connectivity index (χ1) is 9.20. The first-order valence-corrected chi connectivity index (χ1v) is 7.51. The predicted octanol–water partition coefficient (Wildman–Crippen LogP) is 2.48. The first kappa shape index (κ1) is 15.2. The molecule has 4 heteroatoms. The van der Waals surface area contributed by atoms with Crippen LogP contribution in [0, 0.1) is 5.92 Å². The molecule has 0 unspecified atom stereocenters. The van der Waals surface area contributed by atoms with Crippen LogP contribution in [0.1, 0.15) is 59.1 Å². The molecule has 112 valence electrons. The van der Waals surface area contributed by atoms with Crippen molar-refractivity contribution in [3.8, 4) is 0 Å². The van der Waals surface area contributed by atoms with Gasteiger partial charge in [-0.1, -0.05) is 27.7 Å². The van der Waals surface area contributed by atoms with E-state index in [0.29, 0.717) is 12.5 Å². The molecule has 1 saturated carbocycles. The molecule has 1 aromatic heterocycles. The molecule has 1 aliphatic rings. The number of aliphatic hydroxyl groups is 1. The van der Waals surface area contributed by atoms with E-state index in [0.717, 1.165) is 31.4 Å². The first-order valence-electron chi connectivity index (χ1n) is 7.51. The fourth-order valence-electron chi connectivity index (χ4n) is 2.70. The third-order valence-electron chi connectivity index (χ3n) is 4.28. The third kappa shape index (κ3) is 3.48. The molecule has 2 rings (SSSR count). The topological polar surface area (TPSA) is 55.1 Å². The lowest BCUT2D eigenvalue weighted by Gasteiger charge is -2.35. The van der Waals surface area contributed by atoms with Gasteiger partial charge >= 0.3 is 0 Å². The second kappa shape index (κ2) is 5.32. The van der Waals surface area contributed by atoms with Gasteiger partial charge in [0, 0.05) is 11.5 Å². The van der Waals surface area contributed by atoms with Crippen LogP contribution in [0.4, 0.5) is 0 Å². The van der Waals surface area contributed by atoms with Crippen LogP contribution in [0.15, 0.2) is 16.9 Å². The minimum absolute atomic E-state index is 0.0981. The van der Waals surface area contributed by atoms with Crippen molar-refractivity contribution >= 4 is 0 Å². The van der Waals surface area contributed by atoms with Crippen molar-refractivity contribution in [2.45, 2.75) is 70.9 Å². The average molecular weight is 278 g/mol. The van der Waals surface area contributed by atoms with Gasteiger partial charge in [-0.3, -0.25) is 4.79 Å². The van der Waals surface area contributed by atoms with Crippen molar-refractivity contribution < 1.29 is 5.11 Å². The SMILES string of the molecule is CC1CCC(O)(Cn2nc(C(C)(C)C)ccc2=O)CC1. The number of aromatic nitrogens is 2. The average Bonchev–Trinajstić information content (AvgIpc) is 2.35. The molecule has 4 nitrogen and oxygen atoms in total. The summed E-state index contributed by atoms with van der Waals surface area (Å²) in [6.07, 6.45) is 3.54. The van der Waals surface area contributed by atoms with E-state index in [1.54, 1.807) is 12.1 Å². The summed E-state index contributed by atoms with van der Waals surface area (Å²) in [5.74, 6) is 0.667. The lowest BCUT2D eigenvalue weighted by Crippen LogP contribution is -2.42. The Balaban J connectivity index is 2.23. The summed E-state index contributed by atoms with van der Waals surface area (Å²) in [6, 6.07) is 3.34. The summed E-state index contributed by atoms with van der Waals surface area (Å²) < 4.78 is 1.44. The van der Waals surface area contributed by atoms with Crippen LogP contribution >= 0.6 is 0 Å². The summed E-state index contributed by atoms with van der Waals surface area (Å²) in [5.41, 5.74) is -0.131. The molecule has 0 radical (unpaired) electrons. The normalized spacial score (nSPS) is 27.6. The summed E-state index contributed by atoms with van der Waals surface area (Å²) in [6.45, 7) is 8.73. The largest absolute Gasteiger partial charge is 0.388 e. The summed E-state index contributed by atoms with van der Waals surface area (Å²) in [4.78, 5) is 12.0. The predicted molar refractivity (Wildman–Crippen MR) is 79.8 cm³/mol. The van der Waals surface area contributed by atoms with Crippen LogP contribution in [0.25, 0.3) is 0 Å². The zero-order valence-corrected chi connectivity index (χ0v) is 13.0. The number of rotatable bonds is 2. The molecule has 0 saturated heterocycles. The maximum Gasteiger partial charge on any atom is 0.266 e. The number of hydrogen-bond donors (Lipinski definition) is 1. The van der Waals surface area contributed by atoms with E-state index >= 15 is 0 Å². The number of nitrogens with zero attached hydrogens (tertiary/aromatic N) is 2. The fraction of sp³-hybridized carbons (Fsp3) is 0.750. The molecule has 0 amide bonds. The number of hydrogen-bond acceptors (Lipinski definition) is 3. The van der Waals surface area contributed by atoms with Crippen LogP contribution in [0.5, 0.6) is 0 Å². The summed E-state index contributed by atoms with van der Waals surface area (Å²) >= 11 is 0. The van der Waals surface area contributed by atoms with Crippen molar-refractivity contribution in [1.29, 1.82) is 0 Å². The van der Waals surface area contributed by atoms with E-state index in [1.807, 2.05) is 0 Å². The van der Waals surface area contributed by atoms with Gasteiger partial charge in [-0.2, -0.15) is 5.10 Å². The molecule has 0 aliphatic heterocycles. The van der Waals surface area contributed by atoms with Gasteiger partial charge in [-0.15, -0.1) is 0 Å². The molecule has 1 fully saturated rings. The quantitative estimate of drug-likeness (QED) is 0.904. The maximum absolute atomic E-state index is 12.0. The van der Waals surface area contributed by atoms with E-state index < -0.39 is 5.60 Å². The van der Waals surface area contributed by atoms with Crippen LogP contribution < -0.4 is 5.56 Å². The molecular formula is C16H26N2O2. The highest BCUT2D eigenvalue weighted by Crippen LogP contribution is 2.32. The van der Waals surface area contributed by atoms with Gasteiger partial charge in [0.2, 0.25) is 0 Å². The molecule has 20 heavy (non-hydrogen) atoms. The Labute approximate surface area is 120 Å². The van der Waals surface area contributed by atoms with Gasteiger partial charge in [-0.05, 0) is 37.7 Å². The highest BCUT2D eigenvalue weighted by molar-refractivity contribution is 5.10. The minimum Gasteiger partial charge on any atom is -0.388 e. The van der Waals surface area contributed by atoms with Crippen LogP contribution in [0.2, 0.25) is 0 Å². The molecule has 0 spiro atoms. The molecule has 0 bridgehead atoms.